The van der Waals surface area contributed by atoms with E-state index in [-0.39, 0.29) is 12.3 Å². The minimum absolute atomic E-state index is 0.181. The van der Waals surface area contributed by atoms with Crippen molar-refractivity contribution >= 4 is 5.91 Å². The van der Waals surface area contributed by atoms with Crippen LogP contribution in [0.1, 0.15) is 200 Å². The Morgan fingerprint density at radius 2 is 0.729 bits per heavy atom. The standard InChI is InChI=1S/C77H125NO18/c1-3-5-7-9-11-13-15-17-19-21-23-25-26-27-28-29-30-31-32-33-34-35-37-39-41-43-45-47-49-51-53-55-65(83)78-60(61(82)54-52-50-48-46-44-42-40-38-36-24-22-20-18-16-14-12-10-8-6-4-2)59-91-75-71(89)68(86)73(63(57-80)93-75)96-77-72(90)69(87)74(64(58-81)94-77)95-76-70(88)67(85)66(84)62(56-79)92-76/h5,7,11,13,17,19,23,25,27-28,30-31,33-34,36-39,43-46,52,54,60-64,66-77,79-82,84-90H,3-4,6,8-10,12,14-16,18,20-22,24,26,29,32,35,40-42,47-51,53,55-59H2,1-2H3,(H,78,83)/b7-5-,13-11-,19-17-,25-23-,28-27-,31-30-,34-33-,38-36+,39-37-,45-43-,46-44+,54-52+. The van der Waals surface area contributed by atoms with E-state index in [4.69, 9.17) is 28.4 Å². The Hall–Kier alpha value is -4.33. The van der Waals surface area contributed by atoms with Crippen LogP contribution in [-0.2, 0) is 33.2 Å². The van der Waals surface area contributed by atoms with Crippen molar-refractivity contribution in [1.29, 1.82) is 0 Å². The van der Waals surface area contributed by atoms with Crippen molar-refractivity contribution in [2.24, 2.45) is 0 Å². The molecule has 17 atom stereocenters. The zero-order valence-corrected chi connectivity index (χ0v) is 57.8. The summed E-state index contributed by atoms with van der Waals surface area (Å²) < 4.78 is 34.3. The zero-order chi connectivity index (χ0) is 69.6. The first-order chi connectivity index (χ1) is 46.8. The van der Waals surface area contributed by atoms with Crippen LogP contribution in [-0.4, -0.2) is 193 Å². The van der Waals surface area contributed by atoms with Gasteiger partial charge in [-0.1, -0.05) is 224 Å². The van der Waals surface area contributed by atoms with Gasteiger partial charge in [-0.25, -0.2) is 0 Å². The van der Waals surface area contributed by atoms with Crippen LogP contribution in [0.2, 0.25) is 0 Å². The summed E-state index contributed by atoms with van der Waals surface area (Å²) in [6, 6.07) is -1.03. The second-order valence-electron chi connectivity index (χ2n) is 24.9. The zero-order valence-electron chi connectivity index (χ0n) is 57.8. The van der Waals surface area contributed by atoms with Gasteiger partial charge in [0.25, 0.3) is 0 Å². The third-order valence-corrected chi connectivity index (χ3v) is 16.8. The average Bonchev–Trinajstić information content (AvgIpc) is 0.786. The monoisotopic (exact) mass is 1350 g/mol. The number of allylic oxidation sites excluding steroid dienone is 23. The van der Waals surface area contributed by atoms with E-state index in [1.54, 1.807) is 6.08 Å². The maximum Gasteiger partial charge on any atom is 0.220 e. The van der Waals surface area contributed by atoms with Crippen molar-refractivity contribution in [3.8, 4) is 0 Å². The smallest absolute Gasteiger partial charge is 0.220 e. The first-order valence-corrected chi connectivity index (χ1v) is 36.1. The van der Waals surface area contributed by atoms with Gasteiger partial charge in [0.2, 0.25) is 5.91 Å². The minimum Gasteiger partial charge on any atom is -0.394 e. The molecule has 0 aromatic heterocycles. The van der Waals surface area contributed by atoms with Gasteiger partial charge in [0.15, 0.2) is 18.9 Å². The largest absolute Gasteiger partial charge is 0.394 e. The molecule has 546 valence electrons. The molecule has 3 rings (SSSR count). The van der Waals surface area contributed by atoms with Gasteiger partial charge in [0.1, 0.15) is 73.2 Å². The fourth-order valence-corrected chi connectivity index (χ4v) is 11.0. The Morgan fingerprint density at radius 3 is 1.17 bits per heavy atom. The average molecular weight is 1350 g/mol. The van der Waals surface area contributed by atoms with Crippen LogP contribution >= 0.6 is 0 Å². The van der Waals surface area contributed by atoms with Gasteiger partial charge >= 0.3 is 0 Å². The van der Waals surface area contributed by atoms with E-state index in [1.165, 1.54) is 64.2 Å². The number of carbonyl (C=O) groups excluding carboxylic acids is 1. The Morgan fingerprint density at radius 1 is 0.385 bits per heavy atom. The Labute approximate surface area is 574 Å². The molecule has 3 fully saturated rings. The van der Waals surface area contributed by atoms with E-state index < -0.39 is 131 Å². The first-order valence-electron chi connectivity index (χ1n) is 36.1. The van der Waals surface area contributed by atoms with Crippen LogP contribution in [0.15, 0.2) is 146 Å². The summed E-state index contributed by atoms with van der Waals surface area (Å²) in [6.45, 7) is 1.54. The molecule has 12 N–H and O–H groups in total. The fraction of sp³-hybridized carbons (Fsp3) is 0.675. The number of hydrogen-bond acceptors (Lipinski definition) is 18. The highest BCUT2D eigenvalue weighted by Gasteiger charge is 2.53. The number of carbonyl (C=O) groups is 1. The lowest BCUT2D eigenvalue weighted by Crippen LogP contribution is -2.66. The number of aliphatic hydroxyl groups is 11. The number of nitrogens with one attached hydrogen (secondary N) is 1. The van der Waals surface area contributed by atoms with Gasteiger partial charge in [-0.05, 0) is 116 Å². The summed E-state index contributed by atoms with van der Waals surface area (Å²) in [6.07, 6.45) is 53.9. The van der Waals surface area contributed by atoms with Crippen LogP contribution in [0.25, 0.3) is 0 Å². The molecule has 1 amide bonds. The normalized spacial score (nSPS) is 27.9. The van der Waals surface area contributed by atoms with Crippen molar-refractivity contribution in [2.45, 2.75) is 304 Å². The van der Waals surface area contributed by atoms with Crippen LogP contribution < -0.4 is 5.32 Å². The van der Waals surface area contributed by atoms with Crippen LogP contribution in [0.5, 0.6) is 0 Å². The van der Waals surface area contributed by atoms with Crippen molar-refractivity contribution < 1.29 is 89.4 Å². The second-order valence-corrected chi connectivity index (χ2v) is 24.9. The summed E-state index contributed by atoms with van der Waals surface area (Å²) in [5, 5.41) is 121. The first kappa shape index (κ1) is 85.9. The topological polar surface area (TPSA) is 307 Å². The van der Waals surface area contributed by atoms with Gasteiger partial charge < -0.3 is 89.9 Å². The van der Waals surface area contributed by atoms with E-state index in [0.717, 1.165) is 103 Å². The molecule has 0 aromatic carbocycles. The maximum atomic E-state index is 13.4. The molecule has 0 bridgehead atoms. The van der Waals surface area contributed by atoms with Gasteiger partial charge in [0, 0.05) is 6.42 Å². The van der Waals surface area contributed by atoms with E-state index in [2.05, 4.69) is 153 Å². The van der Waals surface area contributed by atoms with Crippen molar-refractivity contribution in [3.63, 3.8) is 0 Å². The predicted octanol–water partition coefficient (Wildman–Crippen LogP) is 10.3. The second kappa shape index (κ2) is 56.4. The molecule has 19 nitrogen and oxygen atoms in total. The molecule has 0 aromatic rings. The maximum absolute atomic E-state index is 13.4. The highest BCUT2D eigenvalue weighted by molar-refractivity contribution is 5.76. The van der Waals surface area contributed by atoms with Gasteiger partial charge in [0.05, 0.1) is 38.6 Å². The number of amides is 1. The molecule has 0 aliphatic carbocycles. The number of unbranched alkanes of at least 4 members (excludes halogenated alkanes) is 15. The molecule has 0 spiro atoms. The van der Waals surface area contributed by atoms with Gasteiger partial charge in [-0.2, -0.15) is 0 Å². The van der Waals surface area contributed by atoms with Crippen LogP contribution in [0.4, 0.5) is 0 Å². The van der Waals surface area contributed by atoms with E-state index in [9.17, 15) is 61.0 Å². The van der Waals surface area contributed by atoms with Crippen LogP contribution in [0.3, 0.4) is 0 Å². The van der Waals surface area contributed by atoms with Gasteiger partial charge in [-0.15, -0.1) is 0 Å². The van der Waals surface area contributed by atoms with E-state index in [1.807, 2.05) is 6.08 Å². The highest BCUT2D eigenvalue weighted by atomic mass is 16.8. The molecule has 3 heterocycles. The summed E-state index contributed by atoms with van der Waals surface area (Å²) in [5.41, 5.74) is 0. The lowest BCUT2D eigenvalue weighted by molar-refractivity contribution is -0.379. The quantitative estimate of drug-likeness (QED) is 0.0199. The van der Waals surface area contributed by atoms with Crippen molar-refractivity contribution in [1.82, 2.24) is 5.32 Å². The molecule has 3 saturated heterocycles. The number of hydrogen-bond donors (Lipinski definition) is 12. The third kappa shape index (κ3) is 37.2. The molecule has 0 radical (unpaired) electrons. The highest BCUT2D eigenvalue weighted by Crippen LogP contribution is 2.33. The molecule has 17 unspecified atom stereocenters. The third-order valence-electron chi connectivity index (χ3n) is 16.8. The molecule has 19 heteroatoms. The summed E-state index contributed by atoms with van der Waals surface area (Å²) in [5.74, 6) is -0.328. The summed E-state index contributed by atoms with van der Waals surface area (Å²) in [7, 11) is 0. The Bertz CT molecular complexity index is 2310. The van der Waals surface area contributed by atoms with Crippen molar-refractivity contribution in [3.05, 3.63) is 146 Å². The van der Waals surface area contributed by atoms with E-state index >= 15 is 0 Å². The Kier molecular flexibility index (Phi) is 50.5. The molecule has 96 heavy (non-hydrogen) atoms. The Balaban J connectivity index is 1.45. The number of rotatable bonds is 53. The van der Waals surface area contributed by atoms with Crippen molar-refractivity contribution in [2.75, 3.05) is 26.4 Å². The lowest BCUT2D eigenvalue weighted by atomic mass is 9.96. The van der Waals surface area contributed by atoms with Gasteiger partial charge in [-0.3, -0.25) is 4.79 Å². The van der Waals surface area contributed by atoms with E-state index in [0.29, 0.717) is 12.8 Å². The number of ether oxygens (including phenoxy) is 6. The predicted molar refractivity (Wildman–Crippen MR) is 378 cm³/mol. The summed E-state index contributed by atoms with van der Waals surface area (Å²) in [4.78, 5) is 13.4. The van der Waals surface area contributed by atoms with Crippen LogP contribution in [0, 0.1) is 0 Å². The SMILES string of the molecule is CC/C=C\C/C=C\C/C=C\C/C=C\C/C=C\C/C=C\C/C=C\C/C=C\C/C=C\CCCCCC(=O)NC(COC1OC(CO)C(OC2OC(CO)C(OC3OC(CO)C(O)C(O)C3O)C(O)C2O)C(O)C1O)C(O)/C=C/CC/C=C/CC/C=C/CCCCCCCCCCCC. The lowest BCUT2D eigenvalue weighted by Gasteiger charge is -2.48. The minimum atomic E-state index is -1.99. The molecule has 0 saturated carbocycles. The molecule has 3 aliphatic heterocycles. The molecular formula is C77H125NO18. The number of aliphatic hydroxyl groups excluding tert-OH is 11. The molecule has 3 aliphatic rings. The molecular weight excluding hydrogens is 1230 g/mol. The fourth-order valence-electron chi connectivity index (χ4n) is 11.0. The summed E-state index contributed by atoms with van der Waals surface area (Å²) >= 11 is 0.